The van der Waals surface area contributed by atoms with E-state index in [2.05, 4.69) is 51.3 Å². The minimum atomic E-state index is 0.367. The van der Waals surface area contributed by atoms with Gasteiger partial charge in [0.2, 0.25) is 0 Å². The first-order valence-corrected chi connectivity index (χ1v) is 10.1. The summed E-state index contributed by atoms with van der Waals surface area (Å²) in [5.74, 6) is 4.07. The first-order chi connectivity index (χ1) is 10.6. The van der Waals surface area contributed by atoms with Crippen LogP contribution in [-0.2, 0) is 0 Å². The van der Waals surface area contributed by atoms with Crippen LogP contribution in [0.15, 0.2) is 0 Å². The Hall–Kier alpha value is -0.0800. The molecule has 2 atom stereocenters. The Morgan fingerprint density at radius 3 is 1.61 bits per heavy atom. The van der Waals surface area contributed by atoms with E-state index in [-0.39, 0.29) is 0 Å². The van der Waals surface area contributed by atoms with Crippen LogP contribution in [0.1, 0.15) is 73.6 Å². The van der Waals surface area contributed by atoms with E-state index in [4.69, 9.17) is 0 Å². The molecule has 134 valence electrons. The van der Waals surface area contributed by atoms with Crippen LogP contribution in [0.5, 0.6) is 0 Å². The second kappa shape index (κ2) is 6.33. The summed E-state index contributed by atoms with van der Waals surface area (Å²) in [6.45, 7) is 19.6. The van der Waals surface area contributed by atoms with Crippen LogP contribution in [-0.4, -0.2) is 47.1 Å². The second-order valence-corrected chi connectivity index (χ2v) is 10.8. The Morgan fingerprint density at radius 2 is 1.17 bits per heavy atom. The highest BCUT2D eigenvalue weighted by Gasteiger charge is 2.44. The average molecular weight is 321 g/mol. The maximum absolute atomic E-state index is 2.74. The third kappa shape index (κ3) is 4.12. The van der Waals surface area contributed by atoms with Crippen LogP contribution < -0.4 is 0 Å². The molecule has 3 rings (SSSR count). The fraction of sp³-hybridized carbons (Fsp3) is 1.00. The summed E-state index contributed by atoms with van der Waals surface area (Å²) < 4.78 is 0. The van der Waals surface area contributed by atoms with Crippen molar-refractivity contribution in [1.29, 1.82) is 0 Å². The maximum atomic E-state index is 2.74. The van der Waals surface area contributed by atoms with Crippen LogP contribution in [0.4, 0.5) is 0 Å². The monoisotopic (exact) mass is 320 g/mol. The summed E-state index contributed by atoms with van der Waals surface area (Å²) >= 11 is 0. The number of fused-ring (bicyclic) bond motifs is 1. The number of piperidine rings is 1. The van der Waals surface area contributed by atoms with Gasteiger partial charge in [0.05, 0.1) is 0 Å². The molecule has 0 radical (unpaired) electrons. The zero-order chi connectivity index (χ0) is 16.8. The van der Waals surface area contributed by atoms with Crippen LogP contribution in [0, 0.1) is 23.7 Å². The van der Waals surface area contributed by atoms with E-state index in [9.17, 15) is 0 Å². The Labute approximate surface area is 145 Å². The highest BCUT2D eigenvalue weighted by Crippen LogP contribution is 2.46. The van der Waals surface area contributed by atoms with E-state index >= 15 is 0 Å². The van der Waals surface area contributed by atoms with Crippen molar-refractivity contribution in [2.24, 2.45) is 23.7 Å². The molecule has 0 aromatic carbocycles. The van der Waals surface area contributed by atoms with Crippen molar-refractivity contribution in [3.63, 3.8) is 0 Å². The summed E-state index contributed by atoms with van der Waals surface area (Å²) in [5.41, 5.74) is 0.741. The van der Waals surface area contributed by atoms with Crippen molar-refractivity contribution < 1.29 is 0 Å². The van der Waals surface area contributed by atoms with Crippen molar-refractivity contribution in [1.82, 2.24) is 9.80 Å². The van der Waals surface area contributed by atoms with E-state index in [1.165, 1.54) is 58.3 Å². The molecule has 0 aromatic rings. The van der Waals surface area contributed by atoms with Gasteiger partial charge in [0, 0.05) is 24.2 Å². The summed E-state index contributed by atoms with van der Waals surface area (Å²) in [6, 6.07) is 0. The number of hydrogen-bond donors (Lipinski definition) is 0. The molecule has 0 amide bonds. The lowest BCUT2D eigenvalue weighted by Gasteiger charge is -2.41. The van der Waals surface area contributed by atoms with E-state index in [0.717, 1.165) is 23.7 Å². The molecule has 0 N–H and O–H groups in total. The third-order valence-electron chi connectivity index (χ3n) is 7.03. The normalized spacial score (nSPS) is 35.0. The molecule has 2 aliphatic heterocycles. The SMILES string of the molecule is CC(C)(C)N1CCC(CC2CC3CN(C(C)(C)C)CC3C2)CC1. The second-order valence-electron chi connectivity index (χ2n) is 10.8. The minimum absolute atomic E-state index is 0.367. The first kappa shape index (κ1) is 17.7. The molecule has 1 aliphatic carbocycles. The smallest absolute Gasteiger partial charge is 0.0125 e. The minimum Gasteiger partial charge on any atom is -0.298 e. The van der Waals surface area contributed by atoms with Gasteiger partial charge in [-0.25, -0.2) is 0 Å². The molecule has 0 bridgehead atoms. The Kier molecular flexibility index (Phi) is 4.88. The van der Waals surface area contributed by atoms with Crippen molar-refractivity contribution in [3.8, 4) is 0 Å². The van der Waals surface area contributed by atoms with Gasteiger partial charge in [-0.1, -0.05) is 0 Å². The van der Waals surface area contributed by atoms with Crippen molar-refractivity contribution in [3.05, 3.63) is 0 Å². The molecule has 2 heterocycles. The van der Waals surface area contributed by atoms with Crippen LogP contribution in [0.2, 0.25) is 0 Å². The molecule has 3 fully saturated rings. The largest absolute Gasteiger partial charge is 0.298 e. The zero-order valence-corrected chi connectivity index (χ0v) is 16.6. The predicted molar refractivity (Wildman–Crippen MR) is 99.7 cm³/mol. The maximum Gasteiger partial charge on any atom is 0.0125 e. The quantitative estimate of drug-likeness (QED) is 0.731. The highest BCUT2D eigenvalue weighted by atomic mass is 15.2. The Bertz CT molecular complexity index is 381. The zero-order valence-electron chi connectivity index (χ0n) is 16.6. The van der Waals surface area contributed by atoms with Gasteiger partial charge in [-0.3, -0.25) is 9.80 Å². The lowest BCUT2D eigenvalue weighted by molar-refractivity contribution is 0.0797. The number of nitrogens with zero attached hydrogens (tertiary/aromatic N) is 2. The van der Waals surface area contributed by atoms with E-state index < -0.39 is 0 Å². The van der Waals surface area contributed by atoms with Crippen molar-refractivity contribution >= 4 is 0 Å². The van der Waals surface area contributed by atoms with Crippen LogP contribution in [0.25, 0.3) is 0 Å². The van der Waals surface area contributed by atoms with Gasteiger partial charge in [0.1, 0.15) is 0 Å². The van der Waals surface area contributed by atoms with Gasteiger partial charge in [-0.15, -0.1) is 0 Å². The standard InChI is InChI=1S/C21H40N2/c1-20(2,3)22-9-7-16(8-10-22)11-17-12-18-14-23(21(4,5)6)15-19(18)13-17/h16-19H,7-15H2,1-6H3. The number of rotatable bonds is 2. The molecule has 3 aliphatic rings. The summed E-state index contributed by atoms with van der Waals surface area (Å²) in [5, 5.41) is 0. The van der Waals surface area contributed by atoms with Crippen molar-refractivity contribution in [2.75, 3.05) is 26.2 Å². The summed E-state index contributed by atoms with van der Waals surface area (Å²) in [7, 11) is 0. The molecular weight excluding hydrogens is 280 g/mol. The van der Waals surface area contributed by atoms with Gasteiger partial charge in [-0.2, -0.15) is 0 Å². The van der Waals surface area contributed by atoms with Gasteiger partial charge in [0.15, 0.2) is 0 Å². The van der Waals surface area contributed by atoms with Gasteiger partial charge < -0.3 is 0 Å². The fourth-order valence-electron chi connectivity index (χ4n) is 5.48. The summed E-state index contributed by atoms with van der Waals surface area (Å²) in [6.07, 6.45) is 7.46. The molecule has 23 heavy (non-hydrogen) atoms. The predicted octanol–water partition coefficient (Wildman–Crippen LogP) is 4.64. The van der Waals surface area contributed by atoms with Gasteiger partial charge in [0.25, 0.3) is 0 Å². The van der Waals surface area contributed by atoms with E-state index in [1.807, 2.05) is 0 Å². The molecule has 2 saturated heterocycles. The average Bonchev–Trinajstić information content (AvgIpc) is 2.95. The van der Waals surface area contributed by atoms with Gasteiger partial charge >= 0.3 is 0 Å². The first-order valence-electron chi connectivity index (χ1n) is 10.1. The Balaban J connectivity index is 1.43. The third-order valence-corrected chi connectivity index (χ3v) is 7.03. The fourth-order valence-corrected chi connectivity index (χ4v) is 5.48. The lowest BCUT2D eigenvalue weighted by atomic mass is 9.84. The topological polar surface area (TPSA) is 6.48 Å². The number of hydrogen-bond acceptors (Lipinski definition) is 2. The lowest BCUT2D eigenvalue weighted by Crippen LogP contribution is -2.46. The van der Waals surface area contributed by atoms with Gasteiger partial charge in [-0.05, 0) is 110 Å². The molecule has 0 spiro atoms. The molecular formula is C21H40N2. The van der Waals surface area contributed by atoms with Crippen molar-refractivity contribution in [2.45, 2.75) is 84.7 Å². The summed E-state index contributed by atoms with van der Waals surface area (Å²) in [4.78, 5) is 5.43. The molecule has 2 heteroatoms. The van der Waals surface area contributed by atoms with Crippen LogP contribution in [0.3, 0.4) is 0 Å². The molecule has 2 nitrogen and oxygen atoms in total. The molecule has 0 aromatic heterocycles. The Morgan fingerprint density at radius 1 is 0.696 bits per heavy atom. The number of likely N-dealkylation sites (tertiary alicyclic amines) is 2. The molecule has 2 unspecified atom stereocenters. The van der Waals surface area contributed by atoms with E-state index in [0.29, 0.717) is 11.1 Å². The van der Waals surface area contributed by atoms with E-state index in [1.54, 1.807) is 0 Å². The highest BCUT2D eigenvalue weighted by molar-refractivity contribution is 4.96. The van der Waals surface area contributed by atoms with Crippen LogP contribution >= 0.6 is 0 Å². The molecule has 1 saturated carbocycles.